The number of aliphatic carboxylic acids is 1. The molecule has 1 N–H and O–H groups in total. The predicted octanol–water partition coefficient (Wildman–Crippen LogP) is 4.03. The molecule has 1 atom stereocenters. The van der Waals surface area contributed by atoms with Gasteiger partial charge in [0.05, 0.1) is 10.5 Å². The highest BCUT2D eigenvalue weighted by molar-refractivity contribution is 7.92. The third-order valence-electron chi connectivity index (χ3n) is 3.50. The second-order valence-electron chi connectivity index (χ2n) is 5.41. The van der Waals surface area contributed by atoms with E-state index >= 15 is 0 Å². The molecule has 0 aliphatic carbocycles. The van der Waals surface area contributed by atoms with E-state index in [0.717, 1.165) is 12.1 Å². The van der Waals surface area contributed by atoms with E-state index in [0.29, 0.717) is 22.7 Å². The van der Waals surface area contributed by atoms with Gasteiger partial charge >= 0.3 is 12.1 Å². The van der Waals surface area contributed by atoms with E-state index < -0.39 is 44.1 Å². The maximum absolute atomic E-state index is 12.8. The summed E-state index contributed by atoms with van der Waals surface area (Å²) in [6.45, 7) is 0. The summed E-state index contributed by atoms with van der Waals surface area (Å²) in [6.07, 6.45) is -5.34. The first-order valence-corrected chi connectivity index (χ1v) is 9.32. The van der Waals surface area contributed by atoms with Gasteiger partial charge in [0, 0.05) is 17.0 Å². The Morgan fingerprint density at radius 3 is 2.33 bits per heavy atom. The Kier molecular flexibility index (Phi) is 6.19. The fraction of sp³-hybridized carbons (Fsp3) is 0.167. The van der Waals surface area contributed by atoms with E-state index in [1.165, 1.54) is 0 Å². The van der Waals surface area contributed by atoms with Gasteiger partial charge in [-0.2, -0.15) is 13.2 Å². The van der Waals surface area contributed by atoms with Crippen LogP contribution in [0.4, 0.5) is 13.2 Å². The van der Waals surface area contributed by atoms with E-state index in [1.54, 1.807) is 24.3 Å². The van der Waals surface area contributed by atoms with Crippen molar-refractivity contribution in [3.05, 3.63) is 64.7 Å². The van der Waals surface area contributed by atoms with Crippen molar-refractivity contribution in [2.45, 2.75) is 22.7 Å². The summed E-state index contributed by atoms with van der Waals surface area (Å²) in [5, 5.41) is 7.72. The van der Waals surface area contributed by atoms with Crippen LogP contribution in [0, 0.1) is 11.8 Å². The highest BCUT2D eigenvalue weighted by atomic mass is 35.5. The second kappa shape index (κ2) is 8.03. The van der Waals surface area contributed by atoms with Crippen molar-refractivity contribution in [3.8, 4) is 11.8 Å². The minimum Gasteiger partial charge on any atom is -0.480 e. The maximum atomic E-state index is 12.8. The largest absolute Gasteiger partial charge is 0.480 e. The lowest BCUT2D eigenvalue weighted by atomic mass is 10.2. The molecule has 0 aromatic heterocycles. The van der Waals surface area contributed by atoms with Gasteiger partial charge in [-0.25, -0.2) is 8.42 Å². The fourth-order valence-corrected chi connectivity index (χ4v) is 3.70. The Hall–Kier alpha value is -2.50. The Morgan fingerprint density at radius 2 is 1.78 bits per heavy atom. The van der Waals surface area contributed by atoms with Gasteiger partial charge in [0.25, 0.3) is 0 Å². The SMILES string of the molecule is O=C(O)C(CC#Cc1ccc(Cl)cc1)S(=O)(=O)c1cccc(C(F)(F)F)c1. The topological polar surface area (TPSA) is 71.4 Å². The van der Waals surface area contributed by atoms with E-state index in [4.69, 9.17) is 11.6 Å². The molecule has 2 aromatic rings. The number of hydrogen-bond donors (Lipinski definition) is 1. The van der Waals surface area contributed by atoms with Crippen molar-refractivity contribution in [2.24, 2.45) is 0 Å². The second-order valence-corrected chi connectivity index (χ2v) is 7.98. The molecule has 9 heteroatoms. The summed E-state index contributed by atoms with van der Waals surface area (Å²) < 4.78 is 63.4. The molecule has 0 heterocycles. The normalized spacial score (nSPS) is 12.7. The van der Waals surface area contributed by atoms with Gasteiger partial charge in [0.2, 0.25) is 0 Å². The van der Waals surface area contributed by atoms with Crippen LogP contribution in [0.5, 0.6) is 0 Å². The molecule has 0 bridgehead atoms. The number of benzene rings is 2. The number of rotatable bonds is 4. The van der Waals surface area contributed by atoms with Crippen LogP contribution in [-0.4, -0.2) is 24.7 Å². The van der Waals surface area contributed by atoms with Crippen molar-refractivity contribution in [3.63, 3.8) is 0 Å². The number of alkyl halides is 3. The number of carboxylic acids is 1. The molecule has 4 nitrogen and oxygen atoms in total. The van der Waals surface area contributed by atoms with Crippen molar-refractivity contribution >= 4 is 27.4 Å². The summed E-state index contributed by atoms with van der Waals surface area (Å²) in [6, 6.07) is 9.19. The van der Waals surface area contributed by atoms with Crippen LogP contribution < -0.4 is 0 Å². The smallest absolute Gasteiger partial charge is 0.416 e. The lowest BCUT2D eigenvalue weighted by molar-refractivity contribution is -0.138. The number of carboxylic acid groups (broad SMARTS) is 1. The zero-order valence-corrected chi connectivity index (χ0v) is 15.1. The maximum Gasteiger partial charge on any atom is 0.416 e. The predicted molar refractivity (Wildman–Crippen MR) is 93.0 cm³/mol. The Bertz CT molecular complexity index is 1000. The third-order valence-corrected chi connectivity index (χ3v) is 5.78. The average molecular weight is 417 g/mol. The Morgan fingerprint density at radius 1 is 1.15 bits per heavy atom. The zero-order chi connectivity index (χ0) is 20.2. The zero-order valence-electron chi connectivity index (χ0n) is 13.5. The molecular weight excluding hydrogens is 405 g/mol. The number of halogens is 4. The van der Waals surface area contributed by atoms with Gasteiger partial charge in [-0.3, -0.25) is 4.79 Å². The van der Waals surface area contributed by atoms with Crippen LogP contribution in [0.3, 0.4) is 0 Å². The Balaban J connectivity index is 2.33. The summed E-state index contributed by atoms with van der Waals surface area (Å²) in [7, 11) is -4.57. The lowest BCUT2D eigenvalue weighted by Gasteiger charge is -2.13. The van der Waals surface area contributed by atoms with Crippen LogP contribution >= 0.6 is 11.6 Å². The van der Waals surface area contributed by atoms with E-state index in [2.05, 4.69) is 11.8 Å². The first-order chi connectivity index (χ1) is 12.5. The average Bonchev–Trinajstić information content (AvgIpc) is 2.59. The van der Waals surface area contributed by atoms with Crippen molar-refractivity contribution in [2.75, 3.05) is 0 Å². The molecule has 0 aliphatic rings. The van der Waals surface area contributed by atoms with Gasteiger partial charge in [-0.1, -0.05) is 29.5 Å². The van der Waals surface area contributed by atoms with E-state index in [-0.39, 0.29) is 0 Å². The molecule has 0 saturated carbocycles. The molecule has 0 saturated heterocycles. The van der Waals surface area contributed by atoms with Crippen LogP contribution in [0.2, 0.25) is 5.02 Å². The summed E-state index contributed by atoms with van der Waals surface area (Å²) >= 11 is 5.72. The highest BCUT2D eigenvalue weighted by Crippen LogP contribution is 2.31. The summed E-state index contributed by atoms with van der Waals surface area (Å²) in [4.78, 5) is 10.7. The monoisotopic (exact) mass is 416 g/mol. The van der Waals surface area contributed by atoms with E-state index in [9.17, 15) is 31.5 Å². The minimum atomic E-state index is -4.75. The minimum absolute atomic E-state index is 0.415. The third kappa shape index (κ3) is 5.25. The van der Waals surface area contributed by atoms with Crippen LogP contribution in [0.25, 0.3) is 0 Å². The summed E-state index contributed by atoms with van der Waals surface area (Å²) in [5.41, 5.74) is -0.694. The van der Waals surface area contributed by atoms with Crippen molar-refractivity contribution in [1.29, 1.82) is 0 Å². The van der Waals surface area contributed by atoms with E-state index in [1.807, 2.05) is 0 Å². The van der Waals surface area contributed by atoms with Gasteiger partial charge < -0.3 is 5.11 Å². The molecule has 0 amide bonds. The molecule has 0 aliphatic heterocycles. The molecule has 2 aromatic carbocycles. The van der Waals surface area contributed by atoms with Crippen LogP contribution in [-0.2, 0) is 20.8 Å². The van der Waals surface area contributed by atoms with Gasteiger partial charge in [0.1, 0.15) is 0 Å². The fourth-order valence-electron chi connectivity index (χ4n) is 2.12. The summed E-state index contributed by atoms with van der Waals surface area (Å²) in [5.74, 6) is 3.35. The van der Waals surface area contributed by atoms with Gasteiger partial charge in [-0.15, -0.1) is 0 Å². The number of sulfone groups is 1. The Labute approximate surface area is 158 Å². The first-order valence-electron chi connectivity index (χ1n) is 7.40. The molecule has 27 heavy (non-hydrogen) atoms. The molecule has 142 valence electrons. The molecule has 0 radical (unpaired) electrons. The first kappa shape index (κ1) is 20.8. The standard InChI is InChI=1S/C18H12ClF3O4S/c19-14-9-7-12(8-10-14)3-1-6-16(17(23)24)27(25,26)15-5-2-4-13(11-15)18(20,21)22/h2,4-5,7-11,16H,6H2,(H,23,24). The molecule has 0 fully saturated rings. The molecule has 2 rings (SSSR count). The highest BCUT2D eigenvalue weighted by Gasteiger charge is 2.36. The van der Waals surface area contributed by atoms with Gasteiger partial charge in [-0.05, 0) is 42.5 Å². The van der Waals surface area contributed by atoms with Crippen LogP contribution in [0.1, 0.15) is 17.5 Å². The molecule has 1 unspecified atom stereocenters. The quantitative estimate of drug-likeness (QED) is 0.764. The number of carbonyl (C=O) groups is 1. The molecule has 0 spiro atoms. The number of hydrogen-bond acceptors (Lipinski definition) is 3. The molecular formula is C18H12ClF3O4S. The van der Waals surface area contributed by atoms with Gasteiger partial charge in [0.15, 0.2) is 15.1 Å². The van der Waals surface area contributed by atoms with Crippen molar-refractivity contribution in [1.82, 2.24) is 0 Å². The lowest BCUT2D eigenvalue weighted by Crippen LogP contribution is -2.30. The van der Waals surface area contributed by atoms with Crippen molar-refractivity contribution < 1.29 is 31.5 Å². The van der Waals surface area contributed by atoms with Crippen LogP contribution in [0.15, 0.2) is 53.4 Å².